The molecule has 0 spiro atoms. The van der Waals surface area contributed by atoms with E-state index in [1.165, 1.54) is 0 Å². The Morgan fingerprint density at radius 1 is 1.08 bits per heavy atom. The van der Waals surface area contributed by atoms with Crippen LogP contribution in [0, 0.1) is 6.92 Å². The van der Waals surface area contributed by atoms with E-state index in [2.05, 4.69) is 4.98 Å². The van der Waals surface area contributed by atoms with E-state index in [-0.39, 0.29) is 12.0 Å². The quantitative estimate of drug-likeness (QED) is 0.732. The van der Waals surface area contributed by atoms with Gasteiger partial charge in [-0.3, -0.25) is 4.79 Å². The smallest absolute Gasteiger partial charge is 0.253 e. The van der Waals surface area contributed by atoms with Gasteiger partial charge in [0.05, 0.1) is 12.1 Å². The van der Waals surface area contributed by atoms with Gasteiger partial charge in [-0.25, -0.2) is 4.98 Å². The summed E-state index contributed by atoms with van der Waals surface area (Å²) in [5, 5.41) is 1.09. The van der Waals surface area contributed by atoms with Crippen LogP contribution in [0.15, 0.2) is 60.7 Å². The van der Waals surface area contributed by atoms with Crippen molar-refractivity contribution in [3.63, 3.8) is 0 Å². The highest BCUT2D eigenvalue weighted by molar-refractivity contribution is 5.94. The van der Waals surface area contributed by atoms with Crippen LogP contribution in [0.25, 0.3) is 10.9 Å². The molecule has 4 nitrogen and oxygen atoms in total. The Morgan fingerprint density at radius 3 is 2.72 bits per heavy atom. The first-order valence-electron chi connectivity index (χ1n) is 8.57. The number of nitrogens with zero attached hydrogens (tertiary/aromatic N) is 2. The maximum atomic E-state index is 12.6. The van der Waals surface area contributed by atoms with Crippen LogP contribution in [0.5, 0.6) is 5.88 Å². The number of rotatable bonds is 3. The van der Waals surface area contributed by atoms with Crippen LogP contribution >= 0.6 is 0 Å². The molecule has 0 N–H and O–H groups in total. The molecule has 0 saturated carbocycles. The summed E-state index contributed by atoms with van der Waals surface area (Å²) in [5.41, 5.74) is 2.81. The van der Waals surface area contributed by atoms with Crippen molar-refractivity contribution in [3.8, 4) is 5.88 Å². The summed E-state index contributed by atoms with van der Waals surface area (Å²) < 4.78 is 6.01. The Morgan fingerprint density at radius 2 is 1.88 bits per heavy atom. The first-order valence-corrected chi connectivity index (χ1v) is 8.57. The maximum Gasteiger partial charge on any atom is 0.253 e. The minimum Gasteiger partial charge on any atom is -0.472 e. The molecule has 126 valence electrons. The predicted molar refractivity (Wildman–Crippen MR) is 97.9 cm³/mol. The number of hydrogen-bond donors (Lipinski definition) is 0. The summed E-state index contributed by atoms with van der Waals surface area (Å²) in [5.74, 6) is 0.686. The van der Waals surface area contributed by atoms with E-state index in [9.17, 15) is 4.79 Å². The number of likely N-dealkylation sites (tertiary alicyclic amines) is 1. The van der Waals surface area contributed by atoms with Crippen molar-refractivity contribution in [2.24, 2.45) is 0 Å². The third-order valence-electron chi connectivity index (χ3n) is 4.59. The monoisotopic (exact) mass is 332 g/mol. The fraction of sp³-hybridized carbons (Fsp3) is 0.238. The average molecular weight is 332 g/mol. The van der Waals surface area contributed by atoms with Gasteiger partial charge in [0.15, 0.2) is 0 Å². The molecule has 1 unspecified atom stereocenters. The number of carbonyl (C=O) groups excluding carboxylic acids is 1. The van der Waals surface area contributed by atoms with E-state index in [1.54, 1.807) is 0 Å². The molecule has 1 fully saturated rings. The number of fused-ring (bicyclic) bond motifs is 1. The fourth-order valence-corrected chi connectivity index (χ4v) is 3.17. The van der Waals surface area contributed by atoms with Crippen molar-refractivity contribution >= 4 is 16.8 Å². The Kier molecular flexibility index (Phi) is 4.10. The number of ether oxygens (including phenoxy) is 1. The second kappa shape index (κ2) is 6.55. The largest absolute Gasteiger partial charge is 0.472 e. The van der Waals surface area contributed by atoms with Crippen LogP contribution in [0.3, 0.4) is 0 Å². The van der Waals surface area contributed by atoms with Gasteiger partial charge in [-0.2, -0.15) is 0 Å². The number of amides is 1. The molecule has 1 aliphatic heterocycles. The van der Waals surface area contributed by atoms with Gasteiger partial charge in [-0.15, -0.1) is 0 Å². The molecule has 4 heteroatoms. The lowest BCUT2D eigenvalue weighted by Gasteiger charge is -2.17. The second-order valence-electron chi connectivity index (χ2n) is 6.49. The second-order valence-corrected chi connectivity index (χ2v) is 6.49. The molecule has 1 aromatic heterocycles. The van der Waals surface area contributed by atoms with Crippen molar-refractivity contribution in [2.45, 2.75) is 19.4 Å². The summed E-state index contributed by atoms with van der Waals surface area (Å²) >= 11 is 0. The van der Waals surface area contributed by atoms with Crippen molar-refractivity contribution in [2.75, 3.05) is 13.1 Å². The lowest BCUT2D eigenvalue weighted by Crippen LogP contribution is -2.31. The molecule has 25 heavy (non-hydrogen) atoms. The van der Waals surface area contributed by atoms with E-state index in [0.717, 1.165) is 28.5 Å². The van der Waals surface area contributed by atoms with E-state index >= 15 is 0 Å². The Balaban J connectivity index is 1.43. The van der Waals surface area contributed by atoms with Crippen molar-refractivity contribution in [3.05, 3.63) is 71.8 Å². The molecule has 1 amide bonds. The zero-order valence-corrected chi connectivity index (χ0v) is 14.2. The predicted octanol–water partition coefficient (Wildman–Crippen LogP) is 3.84. The van der Waals surface area contributed by atoms with Gasteiger partial charge in [-0.05, 0) is 31.2 Å². The first-order chi connectivity index (χ1) is 12.2. The van der Waals surface area contributed by atoms with Crippen molar-refractivity contribution < 1.29 is 9.53 Å². The van der Waals surface area contributed by atoms with Gasteiger partial charge in [-0.1, -0.05) is 35.9 Å². The van der Waals surface area contributed by atoms with Gasteiger partial charge in [0.25, 0.3) is 5.91 Å². The van der Waals surface area contributed by atoms with Crippen LogP contribution in [0.2, 0.25) is 0 Å². The van der Waals surface area contributed by atoms with Crippen LogP contribution in [0.4, 0.5) is 0 Å². The number of carbonyl (C=O) groups is 1. The standard InChI is InChI=1S/C21H20N2O2/c1-15-6-8-17(9-7-15)21(24)23-13-12-18(14-23)25-20-11-10-16-4-2-3-5-19(16)22-20/h2-11,18H,12-14H2,1H3. The van der Waals surface area contributed by atoms with E-state index < -0.39 is 0 Å². The number of para-hydroxylation sites is 1. The average Bonchev–Trinajstić information content (AvgIpc) is 3.10. The summed E-state index contributed by atoms with van der Waals surface area (Å²) in [6.45, 7) is 3.33. The number of benzene rings is 2. The Hall–Kier alpha value is -2.88. The molecule has 0 radical (unpaired) electrons. The highest BCUT2D eigenvalue weighted by atomic mass is 16.5. The van der Waals surface area contributed by atoms with Crippen LogP contribution in [0.1, 0.15) is 22.3 Å². The number of hydrogen-bond acceptors (Lipinski definition) is 3. The zero-order chi connectivity index (χ0) is 17.2. The lowest BCUT2D eigenvalue weighted by molar-refractivity contribution is 0.0771. The molecule has 3 aromatic rings. The van der Waals surface area contributed by atoms with E-state index in [4.69, 9.17) is 4.74 Å². The molecule has 1 aliphatic rings. The van der Waals surface area contributed by atoms with Crippen LogP contribution < -0.4 is 4.74 Å². The molecular weight excluding hydrogens is 312 g/mol. The Bertz CT molecular complexity index is 905. The number of aryl methyl sites for hydroxylation is 1. The van der Waals surface area contributed by atoms with Gasteiger partial charge >= 0.3 is 0 Å². The van der Waals surface area contributed by atoms with E-state index in [1.807, 2.05) is 72.5 Å². The number of aromatic nitrogens is 1. The SMILES string of the molecule is Cc1ccc(C(=O)N2CCC(Oc3ccc4ccccc4n3)C2)cc1. The molecular formula is C21H20N2O2. The zero-order valence-electron chi connectivity index (χ0n) is 14.2. The molecule has 2 aromatic carbocycles. The van der Waals surface area contributed by atoms with Gasteiger partial charge in [0.1, 0.15) is 6.10 Å². The summed E-state index contributed by atoms with van der Waals surface area (Å²) in [6.07, 6.45) is 0.814. The van der Waals surface area contributed by atoms with Crippen LogP contribution in [-0.4, -0.2) is 35.0 Å². The van der Waals surface area contributed by atoms with Gasteiger partial charge < -0.3 is 9.64 Å². The third kappa shape index (κ3) is 3.33. The normalized spacial score (nSPS) is 17.0. The summed E-state index contributed by atoms with van der Waals surface area (Å²) in [6, 6.07) is 19.6. The van der Waals surface area contributed by atoms with Crippen LogP contribution in [-0.2, 0) is 0 Å². The summed E-state index contributed by atoms with van der Waals surface area (Å²) in [7, 11) is 0. The molecule has 1 atom stereocenters. The topological polar surface area (TPSA) is 42.4 Å². The maximum absolute atomic E-state index is 12.6. The van der Waals surface area contributed by atoms with Gasteiger partial charge in [0, 0.05) is 30.0 Å². The van der Waals surface area contributed by atoms with Crippen molar-refractivity contribution in [1.29, 1.82) is 0 Å². The molecule has 0 aliphatic carbocycles. The highest BCUT2D eigenvalue weighted by Gasteiger charge is 2.28. The highest BCUT2D eigenvalue weighted by Crippen LogP contribution is 2.21. The Labute approximate surface area is 147 Å². The summed E-state index contributed by atoms with van der Waals surface area (Å²) in [4.78, 5) is 19.0. The minimum atomic E-state index is -0.0111. The van der Waals surface area contributed by atoms with Gasteiger partial charge in [0.2, 0.25) is 5.88 Å². The fourth-order valence-electron chi connectivity index (χ4n) is 3.17. The molecule has 1 saturated heterocycles. The molecule has 0 bridgehead atoms. The third-order valence-corrected chi connectivity index (χ3v) is 4.59. The lowest BCUT2D eigenvalue weighted by atomic mass is 10.1. The van der Waals surface area contributed by atoms with E-state index in [0.29, 0.717) is 19.0 Å². The first kappa shape index (κ1) is 15.6. The minimum absolute atomic E-state index is 0.0111. The molecule has 2 heterocycles. The van der Waals surface area contributed by atoms with Crippen molar-refractivity contribution in [1.82, 2.24) is 9.88 Å². The molecule has 4 rings (SSSR count). The number of pyridine rings is 1.